The summed E-state index contributed by atoms with van der Waals surface area (Å²) in [4.78, 5) is 15.0. The van der Waals surface area contributed by atoms with Crippen molar-refractivity contribution in [3.8, 4) is 17.1 Å². The van der Waals surface area contributed by atoms with Crippen LogP contribution in [0.3, 0.4) is 0 Å². The fourth-order valence-corrected chi connectivity index (χ4v) is 5.03. The Hall–Kier alpha value is -2.30. The van der Waals surface area contributed by atoms with Gasteiger partial charge in [0.15, 0.2) is 11.5 Å². The highest BCUT2D eigenvalue weighted by Crippen LogP contribution is 2.52. The van der Waals surface area contributed by atoms with Gasteiger partial charge in [0, 0.05) is 18.7 Å². The van der Waals surface area contributed by atoms with E-state index in [4.69, 9.17) is 4.52 Å². The zero-order chi connectivity index (χ0) is 17.8. The molecule has 132 valence electrons. The maximum Gasteiger partial charge on any atom is 0.276 e. The second-order valence-electron chi connectivity index (χ2n) is 8.74. The van der Waals surface area contributed by atoms with Crippen molar-refractivity contribution in [2.24, 2.45) is 10.8 Å². The van der Waals surface area contributed by atoms with Crippen molar-refractivity contribution in [1.82, 2.24) is 10.1 Å². The van der Waals surface area contributed by atoms with Crippen molar-refractivity contribution >= 4 is 5.91 Å². The maximum absolute atomic E-state index is 13.0. The van der Waals surface area contributed by atoms with Crippen LogP contribution in [0.2, 0.25) is 0 Å². The number of para-hydroxylation sites is 1. The molecule has 0 unspecified atom stereocenters. The number of likely N-dealkylation sites (tertiary alicyclic amines) is 1. The molecule has 4 rings (SSSR count). The molecule has 2 aliphatic rings. The van der Waals surface area contributed by atoms with Crippen molar-refractivity contribution in [2.45, 2.75) is 46.1 Å². The Morgan fingerprint density at radius 2 is 2.04 bits per heavy atom. The van der Waals surface area contributed by atoms with Crippen molar-refractivity contribution < 1.29 is 14.4 Å². The number of rotatable bonds is 2. The predicted molar refractivity (Wildman–Crippen MR) is 94.2 cm³/mol. The van der Waals surface area contributed by atoms with E-state index in [1.165, 1.54) is 0 Å². The highest BCUT2D eigenvalue weighted by Gasteiger charge is 2.51. The van der Waals surface area contributed by atoms with Gasteiger partial charge >= 0.3 is 0 Å². The first kappa shape index (κ1) is 16.2. The van der Waals surface area contributed by atoms with Gasteiger partial charge in [-0.3, -0.25) is 4.79 Å². The summed E-state index contributed by atoms with van der Waals surface area (Å²) in [5.74, 6) is 0.455. The molecule has 2 atom stereocenters. The molecular formula is C20H24N2O3. The lowest BCUT2D eigenvalue weighted by Crippen LogP contribution is -2.37. The third-order valence-electron chi connectivity index (χ3n) is 5.57. The van der Waals surface area contributed by atoms with E-state index in [0.29, 0.717) is 17.0 Å². The number of nitrogens with zero attached hydrogens (tertiary/aromatic N) is 2. The van der Waals surface area contributed by atoms with Crippen LogP contribution in [0.15, 0.2) is 34.9 Å². The Kier molecular flexibility index (Phi) is 3.46. The molecule has 0 radical (unpaired) electrons. The summed E-state index contributed by atoms with van der Waals surface area (Å²) in [6.07, 6.45) is 3.23. The molecule has 1 aromatic heterocycles. The third kappa shape index (κ3) is 2.81. The Balaban J connectivity index is 1.60. The minimum absolute atomic E-state index is 0.0724. The van der Waals surface area contributed by atoms with Crippen LogP contribution in [0.4, 0.5) is 0 Å². The molecule has 1 aliphatic heterocycles. The van der Waals surface area contributed by atoms with Crippen LogP contribution in [-0.4, -0.2) is 33.7 Å². The number of phenolic OH excluding ortho intramolecular Hbond substituents is 1. The number of hydrogen-bond acceptors (Lipinski definition) is 4. The predicted octanol–water partition coefficient (Wildman–Crippen LogP) is 4.09. The molecule has 2 heterocycles. The van der Waals surface area contributed by atoms with Crippen molar-refractivity contribution in [3.63, 3.8) is 0 Å². The summed E-state index contributed by atoms with van der Waals surface area (Å²) in [5, 5.41) is 13.9. The summed E-state index contributed by atoms with van der Waals surface area (Å²) in [7, 11) is 0. The van der Waals surface area contributed by atoms with E-state index < -0.39 is 0 Å². The molecule has 1 aromatic carbocycles. The quantitative estimate of drug-likeness (QED) is 0.894. The van der Waals surface area contributed by atoms with Crippen LogP contribution in [0.5, 0.6) is 5.75 Å². The molecule has 0 spiro atoms. The van der Waals surface area contributed by atoms with Crippen LogP contribution in [-0.2, 0) is 0 Å². The average molecular weight is 340 g/mol. The van der Waals surface area contributed by atoms with Crippen LogP contribution in [0, 0.1) is 10.8 Å². The van der Waals surface area contributed by atoms with E-state index in [1.54, 1.807) is 24.3 Å². The number of carbonyl (C=O) groups excluding carboxylic acids is 1. The van der Waals surface area contributed by atoms with E-state index in [2.05, 4.69) is 25.9 Å². The molecule has 2 fully saturated rings. The smallest absolute Gasteiger partial charge is 0.276 e. The molecule has 2 bridgehead atoms. The zero-order valence-corrected chi connectivity index (χ0v) is 15.0. The Morgan fingerprint density at radius 1 is 1.28 bits per heavy atom. The number of amides is 1. The SMILES string of the molecule is CC1(C)C[C@@H]2C[C@](C)(CN2C(=O)c2cc(-c3ccccc3O)on2)C1. The molecule has 1 N–H and O–H groups in total. The van der Waals surface area contributed by atoms with E-state index in [1.807, 2.05) is 11.0 Å². The first-order chi connectivity index (χ1) is 11.8. The molecule has 1 aliphatic carbocycles. The van der Waals surface area contributed by atoms with Crippen LogP contribution >= 0.6 is 0 Å². The Morgan fingerprint density at radius 3 is 2.80 bits per heavy atom. The monoisotopic (exact) mass is 340 g/mol. The van der Waals surface area contributed by atoms with Gasteiger partial charge in [-0.05, 0) is 42.2 Å². The van der Waals surface area contributed by atoms with E-state index in [-0.39, 0.29) is 28.5 Å². The first-order valence-corrected chi connectivity index (χ1v) is 8.83. The van der Waals surface area contributed by atoms with Crippen LogP contribution in [0.25, 0.3) is 11.3 Å². The van der Waals surface area contributed by atoms with Gasteiger partial charge in [0.2, 0.25) is 0 Å². The van der Waals surface area contributed by atoms with Crippen LogP contribution < -0.4 is 0 Å². The third-order valence-corrected chi connectivity index (χ3v) is 5.57. The summed E-state index contributed by atoms with van der Waals surface area (Å²) in [6.45, 7) is 7.64. The Bertz CT molecular complexity index is 826. The average Bonchev–Trinajstić information content (AvgIpc) is 3.09. The van der Waals surface area contributed by atoms with Gasteiger partial charge in [-0.25, -0.2) is 0 Å². The summed E-state index contributed by atoms with van der Waals surface area (Å²) < 4.78 is 5.33. The number of aromatic nitrogens is 1. The number of benzene rings is 1. The zero-order valence-electron chi connectivity index (χ0n) is 15.0. The Labute approximate surface area is 147 Å². The van der Waals surface area contributed by atoms with Gasteiger partial charge in [0.25, 0.3) is 5.91 Å². The molecule has 2 aromatic rings. The summed E-state index contributed by atoms with van der Waals surface area (Å²) in [5.41, 5.74) is 1.30. The lowest BCUT2D eigenvalue weighted by molar-refractivity contribution is 0.0698. The standard InChI is InChI=1S/C20H24N2O3/c1-19(2)9-13-10-20(3,11-19)12-22(13)18(24)15-8-17(25-21-15)14-6-4-5-7-16(14)23/h4-8,13,23H,9-12H2,1-3H3/t13-,20+/m1/s1. The summed E-state index contributed by atoms with van der Waals surface area (Å²) in [6, 6.07) is 8.79. The first-order valence-electron chi connectivity index (χ1n) is 8.83. The van der Waals surface area contributed by atoms with Gasteiger partial charge in [-0.15, -0.1) is 0 Å². The van der Waals surface area contributed by atoms with Gasteiger partial charge in [0.1, 0.15) is 5.75 Å². The van der Waals surface area contributed by atoms with E-state index in [0.717, 1.165) is 25.8 Å². The number of hydrogen-bond donors (Lipinski definition) is 1. The molecule has 5 heteroatoms. The number of carbonyl (C=O) groups is 1. The second kappa shape index (κ2) is 5.35. The number of aromatic hydroxyl groups is 1. The van der Waals surface area contributed by atoms with Gasteiger partial charge in [0.05, 0.1) is 5.56 Å². The van der Waals surface area contributed by atoms with Crippen molar-refractivity contribution in [1.29, 1.82) is 0 Å². The molecule has 25 heavy (non-hydrogen) atoms. The lowest BCUT2D eigenvalue weighted by Gasteiger charge is -2.39. The normalized spacial score (nSPS) is 27.5. The highest BCUT2D eigenvalue weighted by atomic mass is 16.5. The number of fused-ring (bicyclic) bond motifs is 2. The summed E-state index contributed by atoms with van der Waals surface area (Å²) >= 11 is 0. The van der Waals surface area contributed by atoms with Crippen molar-refractivity contribution in [2.75, 3.05) is 6.54 Å². The largest absolute Gasteiger partial charge is 0.507 e. The van der Waals surface area contributed by atoms with Gasteiger partial charge in [-0.1, -0.05) is 38.1 Å². The fourth-order valence-electron chi connectivity index (χ4n) is 5.03. The molecule has 1 saturated heterocycles. The van der Waals surface area contributed by atoms with Gasteiger partial charge in [-0.2, -0.15) is 0 Å². The van der Waals surface area contributed by atoms with E-state index >= 15 is 0 Å². The molecule has 5 nitrogen and oxygen atoms in total. The lowest BCUT2D eigenvalue weighted by atomic mass is 9.65. The number of phenols is 1. The topological polar surface area (TPSA) is 66.6 Å². The molecule has 1 amide bonds. The maximum atomic E-state index is 13.0. The minimum Gasteiger partial charge on any atom is -0.507 e. The van der Waals surface area contributed by atoms with Crippen LogP contribution in [0.1, 0.15) is 50.5 Å². The molecular weight excluding hydrogens is 316 g/mol. The fraction of sp³-hybridized carbons (Fsp3) is 0.500. The molecule has 1 saturated carbocycles. The van der Waals surface area contributed by atoms with E-state index in [9.17, 15) is 9.90 Å². The van der Waals surface area contributed by atoms with Gasteiger partial charge < -0.3 is 14.5 Å². The highest BCUT2D eigenvalue weighted by molar-refractivity contribution is 5.93. The second-order valence-corrected chi connectivity index (χ2v) is 8.74. The van der Waals surface area contributed by atoms with Crippen molar-refractivity contribution in [3.05, 3.63) is 36.0 Å². The minimum atomic E-state index is -0.0724.